The third-order valence-electron chi connectivity index (χ3n) is 8.27. The maximum absolute atomic E-state index is 12.1. The van der Waals surface area contributed by atoms with Crippen molar-refractivity contribution >= 4 is 5.97 Å². The van der Waals surface area contributed by atoms with Crippen LogP contribution in [0, 0.1) is 23.2 Å². The second kappa shape index (κ2) is 5.76. The van der Waals surface area contributed by atoms with E-state index in [-0.39, 0.29) is 11.6 Å². The molecule has 1 atom stereocenters. The van der Waals surface area contributed by atoms with Crippen molar-refractivity contribution in [1.29, 1.82) is 0 Å². The molecule has 6 aliphatic rings. The quantitative estimate of drug-likeness (QED) is 0.751. The van der Waals surface area contributed by atoms with Gasteiger partial charge in [0.2, 0.25) is 0 Å². The van der Waals surface area contributed by atoms with Crippen LogP contribution < -0.4 is 5.32 Å². The van der Waals surface area contributed by atoms with Crippen LogP contribution in [-0.2, 0) is 9.53 Å². The molecule has 1 N–H and O–H groups in total. The van der Waals surface area contributed by atoms with Crippen LogP contribution in [0.5, 0.6) is 0 Å². The van der Waals surface area contributed by atoms with Crippen LogP contribution >= 0.6 is 0 Å². The van der Waals surface area contributed by atoms with Gasteiger partial charge in [0.05, 0.1) is 5.70 Å². The lowest BCUT2D eigenvalue weighted by atomic mass is 9.47. The average Bonchev–Trinajstić information content (AvgIpc) is 2.86. The van der Waals surface area contributed by atoms with Gasteiger partial charge in [-0.2, -0.15) is 0 Å². The first-order valence-corrected chi connectivity index (χ1v) is 10.8. The lowest BCUT2D eigenvalue weighted by Gasteiger charge is -2.60. The fraction of sp³-hybridized carbons (Fsp3) is 0.864. The normalized spacial score (nSPS) is 42.4. The van der Waals surface area contributed by atoms with Gasteiger partial charge in [-0.3, -0.25) is 0 Å². The van der Waals surface area contributed by atoms with Crippen LogP contribution in [0.4, 0.5) is 0 Å². The number of carbonyl (C=O) groups is 1. The Balaban J connectivity index is 1.40. The fourth-order valence-corrected chi connectivity index (χ4v) is 7.67. The van der Waals surface area contributed by atoms with Gasteiger partial charge in [0.1, 0.15) is 0 Å². The van der Waals surface area contributed by atoms with Gasteiger partial charge in [0.25, 0.3) is 0 Å². The molecule has 0 unspecified atom stereocenters. The predicted molar refractivity (Wildman–Crippen MR) is 97.8 cm³/mol. The number of hydrogen-bond donors (Lipinski definition) is 1. The smallest absolute Gasteiger partial charge is 0.333 e. The first kappa shape index (κ1) is 16.2. The number of ether oxygens (including phenoxy) is 1. The van der Waals surface area contributed by atoms with Crippen molar-refractivity contribution in [2.24, 2.45) is 23.2 Å². The lowest BCUT2D eigenvalue weighted by Crippen LogP contribution is -2.57. The molecule has 5 aliphatic carbocycles. The molecular formula is C22H33NO2. The van der Waals surface area contributed by atoms with Crippen molar-refractivity contribution in [3.05, 3.63) is 11.8 Å². The van der Waals surface area contributed by atoms with Crippen LogP contribution in [0.3, 0.4) is 0 Å². The van der Waals surface area contributed by atoms with E-state index in [4.69, 9.17) is 4.74 Å². The van der Waals surface area contributed by atoms with E-state index in [0.29, 0.717) is 11.5 Å². The molecule has 1 aliphatic heterocycles. The average molecular weight is 344 g/mol. The molecule has 3 heteroatoms. The molecule has 0 amide bonds. The van der Waals surface area contributed by atoms with Crippen molar-refractivity contribution in [1.82, 2.24) is 5.32 Å². The predicted octanol–water partition coefficient (Wildman–Crippen LogP) is 4.71. The summed E-state index contributed by atoms with van der Waals surface area (Å²) in [6, 6.07) is 0.514. The zero-order valence-electron chi connectivity index (χ0n) is 15.7. The van der Waals surface area contributed by atoms with Crippen LogP contribution in [-0.4, -0.2) is 17.6 Å². The van der Waals surface area contributed by atoms with Crippen molar-refractivity contribution < 1.29 is 9.53 Å². The van der Waals surface area contributed by atoms with E-state index in [1.54, 1.807) is 6.08 Å². The largest absolute Gasteiger partial charge is 0.449 e. The van der Waals surface area contributed by atoms with Crippen molar-refractivity contribution in [2.45, 2.75) is 95.6 Å². The van der Waals surface area contributed by atoms with Crippen molar-refractivity contribution in [3.63, 3.8) is 0 Å². The minimum atomic E-state index is -0.314. The summed E-state index contributed by atoms with van der Waals surface area (Å²) in [5.41, 5.74) is 1.29. The summed E-state index contributed by atoms with van der Waals surface area (Å²) in [6.45, 7) is 2.34. The van der Waals surface area contributed by atoms with Gasteiger partial charge in [-0.25, -0.2) is 4.79 Å². The molecule has 0 saturated heterocycles. The van der Waals surface area contributed by atoms with Crippen molar-refractivity contribution in [3.8, 4) is 0 Å². The second-order valence-corrected chi connectivity index (χ2v) is 9.92. The minimum Gasteiger partial charge on any atom is -0.449 e. The second-order valence-electron chi connectivity index (χ2n) is 9.92. The minimum absolute atomic E-state index is 0.121. The number of rotatable bonds is 4. The molecule has 138 valence electrons. The molecule has 1 heterocycles. The molecule has 3 nitrogen and oxygen atoms in total. The summed E-state index contributed by atoms with van der Waals surface area (Å²) < 4.78 is 5.87. The molecule has 0 aromatic rings. The van der Waals surface area contributed by atoms with E-state index in [9.17, 15) is 4.79 Å². The highest BCUT2D eigenvalue weighted by Gasteiger charge is 2.55. The van der Waals surface area contributed by atoms with E-state index in [1.807, 2.05) is 0 Å². The van der Waals surface area contributed by atoms with E-state index >= 15 is 0 Å². The third-order valence-corrected chi connectivity index (χ3v) is 8.27. The number of carbonyl (C=O) groups excluding carboxylic acids is 1. The molecule has 6 rings (SSSR count). The maximum atomic E-state index is 12.1. The van der Waals surface area contributed by atoms with Gasteiger partial charge in [0, 0.05) is 12.1 Å². The first-order valence-electron chi connectivity index (χ1n) is 10.8. The summed E-state index contributed by atoms with van der Waals surface area (Å²) in [5.74, 6) is 2.80. The maximum Gasteiger partial charge on any atom is 0.333 e. The molecule has 25 heavy (non-hydrogen) atoms. The van der Waals surface area contributed by atoms with Gasteiger partial charge in [0.15, 0.2) is 5.60 Å². The topological polar surface area (TPSA) is 38.3 Å². The van der Waals surface area contributed by atoms with Crippen LogP contribution in [0.2, 0.25) is 0 Å². The Labute approximate surface area is 152 Å². The van der Waals surface area contributed by atoms with E-state index in [2.05, 4.69) is 12.2 Å². The van der Waals surface area contributed by atoms with Crippen LogP contribution in [0.1, 0.15) is 84.0 Å². The zero-order valence-corrected chi connectivity index (χ0v) is 15.7. The Morgan fingerprint density at radius 2 is 1.68 bits per heavy atom. The van der Waals surface area contributed by atoms with Gasteiger partial charge < -0.3 is 10.1 Å². The summed E-state index contributed by atoms with van der Waals surface area (Å²) in [5, 5.41) is 3.93. The van der Waals surface area contributed by atoms with Gasteiger partial charge in [-0.05, 0) is 93.8 Å². The molecule has 5 saturated carbocycles. The fourth-order valence-electron chi connectivity index (χ4n) is 7.67. The molecule has 4 bridgehead atoms. The molecular weight excluding hydrogens is 310 g/mol. The summed E-state index contributed by atoms with van der Waals surface area (Å²) in [6.07, 6.45) is 17.3. The van der Waals surface area contributed by atoms with E-state index in [1.165, 1.54) is 57.8 Å². The van der Waals surface area contributed by atoms with Crippen LogP contribution in [0.15, 0.2) is 11.8 Å². The van der Waals surface area contributed by atoms with Crippen molar-refractivity contribution in [2.75, 3.05) is 0 Å². The highest BCUT2D eigenvalue weighted by atomic mass is 16.6. The van der Waals surface area contributed by atoms with Gasteiger partial charge >= 0.3 is 5.97 Å². The van der Waals surface area contributed by atoms with Crippen LogP contribution in [0.25, 0.3) is 0 Å². The third kappa shape index (κ3) is 2.56. The highest BCUT2D eigenvalue weighted by Crippen LogP contribution is 2.62. The molecule has 1 spiro atoms. The zero-order chi connectivity index (χ0) is 17.1. The Morgan fingerprint density at radius 3 is 2.24 bits per heavy atom. The Kier molecular flexibility index (Phi) is 3.73. The molecule has 0 aromatic carbocycles. The summed E-state index contributed by atoms with van der Waals surface area (Å²) >= 11 is 0. The van der Waals surface area contributed by atoms with E-state index in [0.717, 1.165) is 42.7 Å². The Bertz CT molecular complexity index is 552. The first-order chi connectivity index (χ1) is 12.1. The summed E-state index contributed by atoms with van der Waals surface area (Å²) in [7, 11) is 0. The molecule has 5 fully saturated rings. The number of nitrogens with one attached hydrogen (secondary N) is 1. The monoisotopic (exact) mass is 343 g/mol. The number of hydrogen-bond acceptors (Lipinski definition) is 3. The molecule has 0 aromatic heterocycles. The number of esters is 1. The van der Waals surface area contributed by atoms with Gasteiger partial charge in [-0.1, -0.05) is 13.3 Å². The Morgan fingerprint density at radius 1 is 1.08 bits per heavy atom. The van der Waals surface area contributed by atoms with Gasteiger partial charge in [-0.15, -0.1) is 0 Å². The summed E-state index contributed by atoms with van der Waals surface area (Å²) in [4.78, 5) is 12.1. The Hall–Kier alpha value is -0.990. The highest BCUT2D eigenvalue weighted by molar-refractivity contribution is 5.86. The van der Waals surface area contributed by atoms with E-state index < -0.39 is 0 Å². The lowest BCUT2D eigenvalue weighted by molar-refractivity contribution is -0.148. The SMILES string of the molecule is CC[C@H](NC1=CC(=O)OC12CCCCC2)C12CC3CC(CC(C3)C1)C2. The standard InChI is InChI=1S/C22H33NO2/c1-2-18(21-12-15-8-16(13-21)10-17(9-15)14-21)23-19-11-20(24)25-22(19)6-4-3-5-7-22/h11,15-18,23H,2-10,12-14H2,1H3/t15?,16?,17?,18-,21?/m0/s1. The molecule has 0 radical (unpaired) electrons.